The molecule has 0 saturated carbocycles. The van der Waals surface area contributed by atoms with Crippen molar-refractivity contribution in [3.05, 3.63) is 48.1 Å². The molecule has 0 atom stereocenters. The lowest BCUT2D eigenvalue weighted by molar-refractivity contribution is 0.947. The van der Waals surface area contributed by atoms with E-state index in [0.29, 0.717) is 6.42 Å². The van der Waals surface area contributed by atoms with E-state index in [1.807, 2.05) is 6.92 Å². The molecule has 0 N–H and O–H groups in total. The lowest BCUT2D eigenvalue weighted by atomic mass is 10.2. The minimum atomic E-state index is 0.683. The molecule has 70 valence electrons. The van der Waals surface area contributed by atoms with Crippen molar-refractivity contribution in [2.45, 2.75) is 13.3 Å². The summed E-state index contributed by atoms with van der Waals surface area (Å²) in [5.41, 5.74) is 2.75. The van der Waals surface area contributed by atoms with E-state index in [1.165, 1.54) is 0 Å². The Kier molecular flexibility index (Phi) is 2.44. The average Bonchev–Trinajstić information content (AvgIpc) is 2.19. The highest BCUT2D eigenvalue weighted by atomic mass is 14.8. The average molecular weight is 186 g/mol. The number of rotatable bonds is 2. The van der Waals surface area contributed by atoms with Gasteiger partial charge in [-0.1, -0.05) is 0 Å². The van der Waals surface area contributed by atoms with Gasteiger partial charge in [0.15, 0.2) is 0 Å². The fraction of sp³-hybridized carbons (Fsp3) is 0.200. The van der Waals surface area contributed by atoms with Gasteiger partial charge in [-0.3, -0.25) is 19.9 Å². The molecular weight excluding hydrogens is 176 g/mol. The Morgan fingerprint density at radius 3 is 2.57 bits per heavy atom. The van der Waals surface area contributed by atoms with Crippen LogP contribution in [0, 0.1) is 6.92 Å². The molecule has 2 heterocycles. The van der Waals surface area contributed by atoms with E-state index in [9.17, 15) is 0 Å². The van der Waals surface area contributed by atoms with Gasteiger partial charge in [-0.15, -0.1) is 0 Å². The van der Waals surface area contributed by atoms with Crippen LogP contribution in [0.3, 0.4) is 0 Å². The zero-order valence-corrected chi connectivity index (χ0v) is 7.88. The number of aryl methyl sites for hydroxylation is 1. The van der Waals surface area contributed by atoms with Crippen LogP contribution in [0.25, 0.3) is 0 Å². The van der Waals surface area contributed by atoms with Gasteiger partial charge in [0.2, 0.25) is 0 Å². The van der Waals surface area contributed by atoms with E-state index in [4.69, 9.17) is 0 Å². The fourth-order valence-corrected chi connectivity index (χ4v) is 1.21. The van der Waals surface area contributed by atoms with Crippen LogP contribution < -0.4 is 0 Å². The van der Waals surface area contributed by atoms with Crippen LogP contribution in [0.5, 0.6) is 0 Å². The molecule has 0 aliphatic heterocycles. The number of hydrogen-bond donors (Lipinski definition) is 0. The minimum absolute atomic E-state index is 0.683. The monoisotopic (exact) mass is 186 g/mol. The molecule has 0 spiro atoms. The maximum absolute atomic E-state index is 4.34. The first-order chi connectivity index (χ1) is 6.84. The molecule has 0 unspecified atom stereocenters. The molecule has 0 amide bonds. The Labute approximate surface area is 82.1 Å². The molecule has 0 fully saturated rings. The molecule has 0 aromatic carbocycles. The SMILES string of the molecule is Cc1cncc(Cc2cnccn2)n1. The highest BCUT2D eigenvalue weighted by molar-refractivity contribution is 5.10. The summed E-state index contributed by atoms with van der Waals surface area (Å²) in [5, 5.41) is 0. The first-order valence-electron chi connectivity index (χ1n) is 4.37. The second-order valence-electron chi connectivity index (χ2n) is 3.03. The first-order valence-corrected chi connectivity index (χ1v) is 4.37. The van der Waals surface area contributed by atoms with Crippen molar-refractivity contribution in [1.82, 2.24) is 19.9 Å². The number of aromatic nitrogens is 4. The van der Waals surface area contributed by atoms with Crippen LogP contribution in [0.2, 0.25) is 0 Å². The van der Waals surface area contributed by atoms with Crippen molar-refractivity contribution >= 4 is 0 Å². The van der Waals surface area contributed by atoms with Crippen LogP contribution in [0.15, 0.2) is 31.0 Å². The van der Waals surface area contributed by atoms with Gasteiger partial charge in [0.1, 0.15) is 0 Å². The van der Waals surface area contributed by atoms with Gasteiger partial charge in [0.25, 0.3) is 0 Å². The van der Waals surface area contributed by atoms with Gasteiger partial charge in [0, 0.05) is 37.4 Å². The Balaban J connectivity index is 2.19. The van der Waals surface area contributed by atoms with E-state index in [1.54, 1.807) is 31.0 Å². The fourth-order valence-electron chi connectivity index (χ4n) is 1.21. The summed E-state index contributed by atoms with van der Waals surface area (Å²) in [7, 11) is 0. The quantitative estimate of drug-likeness (QED) is 0.706. The van der Waals surface area contributed by atoms with Crippen LogP contribution in [-0.2, 0) is 6.42 Å². The normalized spacial score (nSPS) is 10.1. The molecule has 0 aliphatic carbocycles. The van der Waals surface area contributed by atoms with Crippen molar-refractivity contribution in [3.8, 4) is 0 Å². The van der Waals surface area contributed by atoms with E-state index in [0.717, 1.165) is 17.1 Å². The van der Waals surface area contributed by atoms with Gasteiger partial charge in [-0.25, -0.2) is 0 Å². The summed E-state index contributed by atoms with van der Waals surface area (Å²) in [4.78, 5) is 16.6. The maximum Gasteiger partial charge on any atom is 0.0649 e. The van der Waals surface area contributed by atoms with Gasteiger partial charge in [0.05, 0.1) is 17.1 Å². The molecule has 2 aromatic rings. The van der Waals surface area contributed by atoms with Crippen molar-refractivity contribution in [2.24, 2.45) is 0 Å². The zero-order chi connectivity index (χ0) is 9.80. The molecule has 14 heavy (non-hydrogen) atoms. The Hall–Kier alpha value is -1.84. The van der Waals surface area contributed by atoms with E-state index < -0.39 is 0 Å². The molecule has 0 radical (unpaired) electrons. The summed E-state index contributed by atoms with van der Waals surface area (Å²) in [6.07, 6.45) is 9.25. The largest absolute Gasteiger partial charge is 0.261 e. The molecule has 4 heteroatoms. The summed E-state index contributed by atoms with van der Waals surface area (Å²) >= 11 is 0. The van der Waals surface area contributed by atoms with E-state index >= 15 is 0 Å². The lowest BCUT2D eigenvalue weighted by Crippen LogP contribution is -1.97. The first kappa shape index (κ1) is 8.74. The predicted octanol–water partition coefficient (Wildman–Crippen LogP) is 1.17. The summed E-state index contributed by atoms with van der Waals surface area (Å²) < 4.78 is 0. The smallest absolute Gasteiger partial charge is 0.0649 e. The number of hydrogen-bond acceptors (Lipinski definition) is 4. The summed E-state index contributed by atoms with van der Waals surface area (Å²) in [6, 6.07) is 0. The predicted molar refractivity (Wildman–Crippen MR) is 51.6 cm³/mol. The molecule has 2 rings (SSSR count). The molecule has 2 aromatic heterocycles. The van der Waals surface area contributed by atoms with Gasteiger partial charge < -0.3 is 0 Å². The van der Waals surface area contributed by atoms with Crippen LogP contribution in [0.4, 0.5) is 0 Å². The third-order valence-corrected chi connectivity index (χ3v) is 1.78. The summed E-state index contributed by atoms with van der Waals surface area (Å²) in [5.74, 6) is 0. The lowest BCUT2D eigenvalue weighted by Gasteiger charge is -1.99. The topological polar surface area (TPSA) is 51.6 Å². The van der Waals surface area contributed by atoms with E-state index in [-0.39, 0.29) is 0 Å². The van der Waals surface area contributed by atoms with Gasteiger partial charge in [-0.05, 0) is 6.92 Å². The second kappa shape index (κ2) is 3.91. The molecular formula is C10H10N4. The molecule has 0 saturated heterocycles. The van der Waals surface area contributed by atoms with Crippen molar-refractivity contribution in [3.63, 3.8) is 0 Å². The van der Waals surface area contributed by atoms with Gasteiger partial charge in [-0.2, -0.15) is 0 Å². The van der Waals surface area contributed by atoms with Gasteiger partial charge >= 0.3 is 0 Å². The summed E-state index contributed by atoms with van der Waals surface area (Å²) in [6.45, 7) is 1.92. The highest BCUT2D eigenvalue weighted by Gasteiger charge is 1.99. The standard InChI is InChI=1S/C10H10N4/c1-8-5-12-7-10(14-8)4-9-6-11-2-3-13-9/h2-3,5-7H,4H2,1H3. The minimum Gasteiger partial charge on any atom is -0.261 e. The molecule has 4 nitrogen and oxygen atoms in total. The Bertz CT molecular complexity index is 413. The highest BCUT2D eigenvalue weighted by Crippen LogP contribution is 2.01. The van der Waals surface area contributed by atoms with Crippen molar-refractivity contribution in [2.75, 3.05) is 0 Å². The molecule has 0 aliphatic rings. The third kappa shape index (κ3) is 2.10. The third-order valence-electron chi connectivity index (χ3n) is 1.78. The Morgan fingerprint density at radius 1 is 1.00 bits per heavy atom. The van der Waals surface area contributed by atoms with Crippen molar-refractivity contribution in [1.29, 1.82) is 0 Å². The van der Waals surface area contributed by atoms with Crippen molar-refractivity contribution < 1.29 is 0 Å². The number of nitrogens with zero attached hydrogens (tertiary/aromatic N) is 4. The Morgan fingerprint density at radius 2 is 1.86 bits per heavy atom. The van der Waals surface area contributed by atoms with Crippen LogP contribution in [-0.4, -0.2) is 19.9 Å². The molecule has 0 bridgehead atoms. The van der Waals surface area contributed by atoms with Crippen LogP contribution >= 0.6 is 0 Å². The second-order valence-corrected chi connectivity index (χ2v) is 3.03. The van der Waals surface area contributed by atoms with Crippen LogP contribution in [0.1, 0.15) is 17.1 Å². The maximum atomic E-state index is 4.34. The zero-order valence-electron chi connectivity index (χ0n) is 7.88. The van der Waals surface area contributed by atoms with E-state index in [2.05, 4.69) is 19.9 Å².